The number of aromatic carboxylic acids is 1. The topological polar surface area (TPSA) is 89.6 Å². The van der Waals surface area contributed by atoms with Crippen molar-refractivity contribution in [2.24, 2.45) is 7.05 Å². The van der Waals surface area contributed by atoms with Crippen molar-refractivity contribution in [3.63, 3.8) is 0 Å². The Morgan fingerprint density at radius 1 is 0.925 bits per heavy atom. The summed E-state index contributed by atoms with van der Waals surface area (Å²) in [5, 5.41) is 19.3. The maximum absolute atomic E-state index is 13.3. The van der Waals surface area contributed by atoms with Crippen LogP contribution in [0.2, 0.25) is 0 Å². The third-order valence-electron chi connectivity index (χ3n) is 10.3. The van der Waals surface area contributed by atoms with Gasteiger partial charge in [0.15, 0.2) is 6.29 Å². The summed E-state index contributed by atoms with van der Waals surface area (Å²) in [4.78, 5) is 27.4. The minimum absolute atomic E-state index is 0.182. The van der Waals surface area contributed by atoms with Gasteiger partial charge in [-0.25, -0.2) is 4.79 Å². The second-order valence-electron chi connectivity index (χ2n) is 13.8. The van der Waals surface area contributed by atoms with Crippen molar-refractivity contribution in [3.05, 3.63) is 117 Å². The standard InChI is InChI=1S/C44H49BrN4O4/c1-5-23-48(24-6-2)25-26-49-42-36(37(43(49)44(51)52)18-10-8-14-32-16-11-15-31-13-7-9-17-35(31)32)19-12-20-38(42)41-30(3)47(4)46-40(41)29-53-34-21-22-39(45)33(27-34)28-50/h7,9,11-13,15-17,19-22,27-28H,5-6,8,10,14,18,23-26,29H2,1-4H3,(H,51,52). The van der Waals surface area contributed by atoms with Crippen LogP contribution in [-0.2, 0) is 33.0 Å². The summed E-state index contributed by atoms with van der Waals surface area (Å²) in [6.07, 6.45) is 6.29. The fourth-order valence-corrected chi connectivity index (χ4v) is 8.06. The number of aryl methyl sites for hydroxylation is 3. The predicted molar refractivity (Wildman–Crippen MR) is 217 cm³/mol. The highest BCUT2D eigenvalue weighted by Gasteiger charge is 2.27. The number of halogens is 1. The van der Waals surface area contributed by atoms with Gasteiger partial charge in [-0.1, -0.05) is 90.4 Å². The third-order valence-corrected chi connectivity index (χ3v) is 11.0. The van der Waals surface area contributed by atoms with Crippen LogP contribution in [0.25, 0.3) is 32.8 Å². The number of aromatic nitrogens is 3. The number of hydrogen-bond donors (Lipinski definition) is 1. The smallest absolute Gasteiger partial charge is 0.352 e. The van der Waals surface area contributed by atoms with Crippen molar-refractivity contribution in [2.45, 2.75) is 72.4 Å². The summed E-state index contributed by atoms with van der Waals surface area (Å²) in [5.74, 6) is -0.335. The number of carboxylic acid groups (broad SMARTS) is 1. The van der Waals surface area contributed by atoms with Gasteiger partial charge in [0.2, 0.25) is 0 Å². The highest BCUT2D eigenvalue weighted by molar-refractivity contribution is 9.10. The molecule has 0 saturated carbocycles. The van der Waals surface area contributed by atoms with Crippen molar-refractivity contribution in [1.82, 2.24) is 19.2 Å². The molecule has 0 spiro atoms. The first-order chi connectivity index (χ1) is 25.7. The van der Waals surface area contributed by atoms with E-state index >= 15 is 0 Å². The molecule has 9 heteroatoms. The van der Waals surface area contributed by atoms with Crippen LogP contribution in [0.1, 0.15) is 82.9 Å². The van der Waals surface area contributed by atoms with Crippen LogP contribution in [0, 0.1) is 6.92 Å². The molecule has 276 valence electrons. The van der Waals surface area contributed by atoms with E-state index in [4.69, 9.17) is 9.84 Å². The molecule has 1 N–H and O–H groups in total. The highest BCUT2D eigenvalue weighted by atomic mass is 79.9. The summed E-state index contributed by atoms with van der Waals surface area (Å²) in [5.41, 5.74) is 7.60. The predicted octanol–water partition coefficient (Wildman–Crippen LogP) is 10.0. The van der Waals surface area contributed by atoms with Gasteiger partial charge >= 0.3 is 5.97 Å². The van der Waals surface area contributed by atoms with Gasteiger partial charge < -0.3 is 19.3 Å². The first-order valence-electron chi connectivity index (χ1n) is 18.7. The van der Waals surface area contributed by atoms with Crippen LogP contribution in [0.15, 0.2) is 83.3 Å². The molecule has 0 unspecified atom stereocenters. The minimum Gasteiger partial charge on any atom is -0.487 e. The molecule has 0 amide bonds. The van der Waals surface area contributed by atoms with Crippen LogP contribution < -0.4 is 4.74 Å². The average molecular weight is 778 g/mol. The van der Waals surface area contributed by atoms with Crippen LogP contribution in [-0.4, -0.2) is 56.2 Å². The Kier molecular flexibility index (Phi) is 12.5. The fraction of sp³-hybridized carbons (Fsp3) is 0.341. The molecule has 0 aliphatic rings. The van der Waals surface area contributed by atoms with E-state index in [0.29, 0.717) is 34.4 Å². The maximum atomic E-state index is 13.3. The van der Waals surface area contributed by atoms with E-state index in [0.717, 1.165) is 97.0 Å². The van der Waals surface area contributed by atoms with Gasteiger partial charge in [0.05, 0.1) is 5.52 Å². The van der Waals surface area contributed by atoms with E-state index in [2.05, 4.69) is 93.8 Å². The molecule has 2 heterocycles. The summed E-state index contributed by atoms with van der Waals surface area (Å²) in [6, 6.07) is 26.5. The summed E-state index contributed by atoms with van der Waals surface area (Å²) >= 11 is 3.42. The third kappa shape index (κ3) is 8.26. The molecular weight excluding hydrogens is 728 g/mol. The van der Waals surface area contributed by atoms with E-state index in [9.17, 15) is 14.7 Å². The zero-order valence-electron chi connectivity index (χ0n) is 31.2. The molecule has 0 bridgehead atoms. The summed E-state index contributed by atoms with van der Waals surface area (Å²) < 4.78 is 10.9. The number of carboxylic acids is 1. The van der Waals surface area contributed by atoms with Crippen LogP contribution in [0.5, 0.6) is 5.75 Å². The van der Waals surface area contributed by atoms with Gasteiger partial charge in [-0.3, -0.25) is 9.48 Å². The lowest BCUT2D eigenvalue weighted by atomic mass is 9.96. The highest BCUT2D eigenvalue weighted by Crippen LogP contribution is 2.39. The summed E-state index contributed by atoms with van der Waals surface area (Å²) in [6.45, 7) is 9.85. The molecule has 8 nitrogen and oxygen atoms in total. The Balaban J connectivity index is 1.40. The number of hydrogen-bond acceptors (Lipinski definition) is 5. The second kappa shape index (κ2) is 17.4. The normalized spacial score (nSPS) is 11.6. The quantitative estimate of drug-likeness (QED) is 0.0691. The fourth-order valence-electron chi connectivity index (χ4n) is 7.72. The van der Waals surface area contributed by atoms with Crippen LogP contribution in [0.3, 0.4) is 0 Å². The van der Waals surface area contributed by atoms with Gasteiger partial charge in [0.1, 0.15) is 23.7 Å². The zero-order valence-corrected chi connectivity index (χ0v) is 32.8. The number of aldehydes is 1. The van der Waals surface area contributed by atoms with E-state index < -0.39 is 5.97 Å². The largest absolute Gasteiger partial charge is 0.487 e. The SMILES string of the molecule is CCCN(CCC)CCn1c(C(=O)O)c(CCCCc2cccc3ccccc23)c2cccc(-c3c(COc4ccc(Br)c(C=O)c4)nn(C)c3C)c21. The van der Waals surface area contributed by atoms with Gasteiger partial charge in [-0.15, -0.1) is 0 Å². The lowest BCUT2D eigenvalue weighted by Crippen LogP contribution is -2.30. The number of benzene rings is 4. The van der Waals surface area contributed by atoms with Crippen molar-refractivity contribution >= 4 is 49.9 Å². The van der Waals surface area contributed by atoms with Crippen molar-refractivity contribution in [3.8, 4) is 16.9 Å². The molecule has 0 radical (unpaired) electrons. The Labute approximate surface area is 320 Å². The number of unbranched alkanes of at least 4 members (excludes halogenated alkanes) is 1. The molecule has 0 aliphatic heterocycles. The zero-order chi connectivity index (χ0) is 37.5. The Morgan fingerprint density at radius 3 is 2.40 bits per heavy atom. The Hall–Kier alpha value is -4.73. The van der Waals surface area contributed by atoms with E-state index in [-0.39, 0.29) is 6.61 Å². The Morgan fingerprint density at radius 2 is 1.64 bits per heavy atom. The molecule has 0 atom stereocenters. The van der Waals surface area contributed by atoms with Crippen molar-refractivity contribution in [2.75, 3.05) is 19.6 Å². The first kappa shape index (κ1) is 38.0. The number of para-hydroxylation sites is 1. The molecular formula is C44H49BrN4O4. The lowest BCUT2D eigenvalue weighted by molar-refractivity contribution is 0.0683. The molecule has 0 fully saturated rings. The molecule has 4 aromatic carbocycles. The van der Waals surface area contributed by atoms with Crippen LogP contribution in [0.4, 0.5) is 0 Å². The number of ether oxygens (including phenoxy) is 1. The molecule has 6 aromatic rings. The second-order valence-corrected chi connectivity index (χ2v) is 14.6. The van der Waals surface area contributed by atoms with Gasteiger partial charge in [0.25, 0.3) is 0 Å². The van der Waals surface area contributed by atoms with Gasteiger partial charge in [-0.2, -0.15) is 5.10 Å². The van der Waals surface area contributed by atoms with Gasteiger partial charge in [-0.05, 0) is 98.6 Å². The van der Waals surface area contributed by atoms with E-state index in [1.54, 1.807) is 12.1 Å². The monoisotopic (exact) mass is 776 g/mol. The lowest BCUT2D eigenvalue weighted by Gasteiger charge is -2.22. The van der Waals surface area contributed by atoms with Crippen LogP contribution >= 0.6 is 15.9 Å². The number of carbonyl (C=O) groups excluding carboxylic acids is 1. The number of carbonyl (C=O) groups is 2. The van der Waals surface area contributed by atoms with E-state index in [1.165, 1.54) is 16.3 Å². The van der Waals surface area contributed by atoms with Crippen molar-refractivity contribution < 1.29 is 19.4 Å². The minimum atomic E-state index is -0.901. The molecule has 2 aromatic heterocycles. The molecule has 53 heavy (non-hydrogen) atoms. The molecule has 0 aliphatic carbocycles. The average Bonchev–Trinajstić information content (AvgIpc) is 3.64. The molecule has 0 saturated heterocycles. The van der Waals surface area contributed by atoms with E-state index in [1.807, 2.05) is 30.8 Å². The Bertz CT molecular complexity index is 2230. The maximum Gasteiger partial charge on any atom is 0.352 e. The van der Waals surface area contributed by atoms with Crippen molar-refractivity contribution in [1.29, 1.82) is 0 Å². The number of fused-ring (bicyclic) bond motifs is 2. The van der Waals surface area contributed by atoms with Gasteiger partial charge in [0, 0.05) is 52.4 Å². The number of rotatable bonds is 18. The molecule has 6 rings (SSSR count). The first-order valence-corrected chi connectivity index (χ1v) is 19.5. The number of nitrogens with zero attached hydrogens (tertiary/aromatic N) is 4. The summed E-state index contributed by atoms with van der Waals surface area (Å²) in [7, 11) is 1.92.